The first kappa shape index (κ1) is 19.6. The van der Waals surface area contributed by atoms with E-state index in [4.69, 9.17) is 9.47 Å². The summed E-state index contributed by atoms with van der Waals surface area (Å²) in [5.74, 6) is -0.378. The molecule has 5 nitrogen and oxygen atoms in total. The van der Waals surface area contributed by atoms with Gasteiger partial charge in [0.05, 0.1) is 11.1 Å². The number of esters is 2. The third kappa shape index (κ3) is 4.06. The summed E-state index contributed by atoms with van der Waals surface area (Å²) in [6.45, 7) is 0. The summed E-state index contributed by atoms with van der Waals surface area (Å²) in [6, 6.07) is 18.3. The second-order valence-electron chi connectivity index (χ2n) is 8.24. The molecule has 0 aromatic heterocycles. The number of benzene rings is 2. The standard InChI is InChI=1S/C24H27NO4/c1-25(2)20-15-18-13-14-19(20)22(29-24(27)17-11-7-4-8-12-17)21(18)28-23(26)16-9-5-3-6-10-16/h3-12,18-22H,13-15H2,1-2H3. The molecule has 0 N–H and O–H groups in total. The van der Waals surface area contributed by atoms with E-state index in [0.29, 0.717) is 17.2 Å². The van der Waals surface area contributed by atoms with Crippen molar-refractivity contribution in [1.29, 1.82) is 0 Å². The van der Waals surface area contributed by atoms with E-state index in [2.05, 4.69) is 19.0 Å². The fourth-order valence-electron chi connectivity index (χ4n) is 4.84. The predicted molar refractivity (Wildman–Crippen MR) is 110 cm³/mol. The summed E-state index contributed by atoms with van der Waals surface area (Å²) in [5.41, 5.74) is 1.04. The number of carbonyl (C=O) groups excluding carboxylic acids is 2. The first-order valence-corrected chi connectivity index (χ1v) is 10.2. The fourth-order valence-corrected chi connectivity index (χ4v) is 4.84. The van der Waals surface area contributed by atoms with Crippen LogP contribution in [0.15, 0.2) is 60.7 Å². The van der Waals surface area contributed by atoms with Gasteiger partial charge in [-0.05, 0) is 57.6 Å². The molecule has 2 aromatic carbocycles. The van der Waals surface area contributed by atoms with E-state index in [-0.39, 0.29) is 23.8 Å². The van der Waals surface area contributed by atoms with Gasteiger partial charge in [-0.25, -0.2) is 9.59 Å². The SMILES string of the molecule is CN(C)C1CC2CCC1C(OC(=O)c1ccccc1)C2OC(=O)c1ccccc1. The minimum Gasteiger partial charge on any atom is -0.455 e. The van der Waals surface area contributed by atoms with Gasteiger partial charge in [0.25, 0.3) is 0 Å². The number of hydrogen-bond acceptors (Lipinski definition) is 5. The lowest BCUT2D eigenvalue weighted by atomic mass is 9.64. The molecule has 0 aliphatic heterocycles. The number of hydrogen-bond donors (Lipinski definition) is 0. The van der Waals surface area contributed by atoms with Crippen LogP contribution < -0.4 is 0 Å². The van der Waals surface area contributed by atoms with Gasteiger partial charge in [-0.2, -0.15) is 0 Å². The third-order valence-electron chi connectivity index (χ3n) is 6.29. The van der Waals surface area contributed by atoms with Gasteiger partial charge in [0, 0.05) is 17.9 Å². The Kier molecular flexibility index (Phi) is 5.67. The molecule has 5 atom stereocenters. The van der Waals surface area contributed by atoms with E-state index in [0.717, 1.165) is 19.3 Å². The number of nitrogens with zero attached hydrogens (tertiary/aromatic N) is 1. The first-order chi connectivity index (χ1) is 14.0. The number of ether oxygens (including phenoxy) is 2. The second kappa shape index (κ2) is 8.37. The Balaban J connectivity index is 1.58. The van der Waals surface area contributed by atoms with E-state index in [1.807, 2.05) is 36.4 Å². The molecule has 29 heavy (non-hydrogen) atoms. The average Bonchev–Trinajstić information content (AvgIpc) is 2.76. The van der Waals surface area contributed by atoms with Gasteiger partial charge in [-0.3, -0.25) is 0 Å². The molecule has 0 heterocycles. The molecule has 0 amide bonds. The van der Waals surface area contributed by atoms with Crippen molar-refractivity contribution in [2.24, 2.45) is 11.8 Å². The molecule has 2 aromatic rings. The van der Waals surface area contributed by atoms with Crippen LogP contribution in [0.25, 0.3) is 0 Å². The molecule has 3 fully saturated rings. The zero-order valence-electron chi connectivity index (χ0n) is 16.9. The number of rotatable bonds is 5. The third-order valence-corrected chi connectivity index (χ3v) is 6.29. The normalized spacial score (nSPS) is 28.2. The van der Waals surface area contributed by atoms with Crippen molar-refractivity contribution in [3.63, 3.8) is 0 Å². The highest BCUT2D eigenvalue weighted by Gasteiger charge is 2.53. The summed E-state index contributed by atoms with van der Waals surface area (Å²) in [6.07, 6.45) is 2.06. The molecular formula is C24H27NO4. The molecule has 0 spiro atoms. The van der Waals surface area contributed by atoms with Crippen LogP contribution in [0.2, 0.25) is 0 Å². The molecule has 0 radical (unpaired) electrons. The zero-order valence-corrected chi connectivity index (χ0v) is 16.9. The van der Waals surface area contributed by atoms with E-state index in [9.17, 15) is 9.59 Å². The second-order valence-corrected chi connectivity index (χ2v) is 8.24. The van der Waals surface area contributed by atoms with Crippen LogP contribution in [0.1, 0.15) is 40.0 Å². The first-order valence-electron chi connectivity index (χ1n) is 10.2. The Morgan fingerprint density at radius 2 is 1.31 bits per heavy atom. The van der Waals surface area contributed by atoms with Gasteiger partial charge in [-0.15, -0.1) is 0 Å². The van der Waals surface area contributed by atoms with Crippen LogP contribution in [0.4, 0.5) is 0 Å². The van der Waals surface area contributed by atoms with Crippen LogP contribution in [0, 0.1) is 11.8 Å². The van der Waals surface area contributed by atoms with Gasteiger partial charge < -0.3 is 14.4 Å². The summed E-state index contributed by atoms with van der Waals surface area (Å²) in [4.78, 5) is 27.7. The summed E-state index contributed by atoms with van der Waals surface area (Å²) in [7, 11) is 4.12. The van der Waals surface area contributed by atoms with Crippen molar-refractivity contribution in [1.82, 2.24) is 4.90 Å². The highest BCUT2D eigenvalue weighted by Crippen LogP contribution is 2.46. The van der Waals surface area contributed by atoms with Crippen molar-refractivity contribution in [2.45, 2.75) is 37.5 Å². The van der Waals surface area contributed by atoms with Crippen molar-refractivity contribution in [3.05, 3.63) is 71.8 Å². The fraction of sp³-hybridized carbons (Fsp3) is 0.417. The molecule has 3 aliphatic rings. The van der Waals surface area contributed by atoms with Crippen molar-refractivity contribution < 1.29 is 19.1 Å². The summed E-state index contributed by atoms with van der Waals surface area (Å²) < 4.78 is 12.0. The maximum absolute atomic E-state index is 12.8. The predicted octanol–water partition coefficient (Wildman–Crippen LogP) is 3.80. The van der Waals surface area contributed by atoms with Crippen molar-refractivity contribution >= 4 is 11.9 Å². The maximum Gasteiger partial charge on any atom is 0.338 e. The average molecular weight is 393 g/mol. The monoisotopic (exact) mass is 393 g/mol. The lowest BCUT2D eigenvalue weighted by Gasteiger charge is -2.52. The Labute approximate surface area is 171 Å². The van der Waals surface area contributed by atoms with Gasteiger partial charge in [0.1, 0.15) is 12.2 Å². The summed E-state index contributed by atoms with van der Waals surface area (Å²) in [5, 5.41) is 0. The Hall–Kier alpha value is -2.66. The molecular weight excluding hydrogens is 366 g/mol. The van der Waals surface area contributed by atoms with Crippen molar-refractivity contribution in [2.75, 3.05) is 14.1 Å². The molecule has 0 saturated heterocycles. The minimum atomic E-state index is -0.435. The van der Waals surface area contributed by atoms with Gasteiger partial charge in [-0.1, -0.05) is 36.4 Å². The topological polar surface area (TPSA) is 55.8 Å². The Morgan fingerprint density at radius 1 is 0.793 bits per heavy atom. The molecule has 3 aliphatic carbocycles. The van der Waals surface area contributed by atoms with E-state index in [1.54, 1.807) is 24.3 Å². The van der Waals surface area contributed by atoms with E-state index >= 15 is 0 Å². The lowest BCUT2D eigenvalue weighted by molar-refractivity contribution is -0.143. The lowest BCUT2D eigenvalue weighted by Crippen LogP contribution is -2.60. The highest BCUT2D eigenvalue weighted by molar-refractivity contribution is 5.90. The van der Waals surface area contributed by atoms with Gasteiger partial charge in [0.15, 0.2) is 0 Å². The Bertz CT molecular complexity index is 852. The van der Waals surface area contributed by atoms with Crippen LogP contribution in [-0.2, 0) is 9.47 Å². The molecule has 5 rings (SSSR count). The largest absolute Gasteiger partial charge is 0.455 e. The van der Waals surface area contributed by atoms with Crippen LogP contribution in [-0.4, -0.2) is 49.2 Å². The molecule has 5 heteroatoms. The molecule has 5 unspecified atom stereocenters. The van der Waals surface area contributed by atoms with Gasteiger partial charge in [0.2, 0.25) is 0 Å². The van der Waals surface area contributed by atoms with Crippen LogP contribution in [0.5, 0.6) is 0 Å². The minimum absolute atomic E-state index is 0.149. The van der Waals surface area contributed by atoms with Gasteiger partial charge >= 0.3 is 11.9 Å². The molecule has 152 valence electrons. The van der Waals surface area contributed by atoms with Crippen LogP contribution >= 0.6 is 0 Å². The smallest absolute Gasteiger partial charge is 0.338 e. The van der Waals surface area contributed by atoms with Crippen molar-refractivity contribution in [3.8, 4) is 0 Å². The number of fused-ring (bicyclic) bond motifs is 3. The Morgan fingerprint density at radius 3 is 1.83 bits per heavy atom. The highest BCUT2D eigenvalue weighted by atomic mass is 16.6. The van der Waals surface area contributed by atoms with Crippen LogP contribution in [0.3, 0.4) is 0 Å². The summed E-state index contributed by atoms with van der Waals surface area (Å²) >= 11 is 0. The van der Waals surface area contributed by atoms with E-state index < -0.39 is 12.2 Å². The molecule has 2 bridgehead atoms. The van der Waals surface area contributed by atoms with E-state index in [1.165, 1.54) is 0 Å². The maximum atomic E-state index is 12.8. The zero-order chi connectivity index (χ0) is 20.4. The quantitative estimate of drug-likeness (QED) is 0.724. The molecule has 3 saturated carbocycles. The number of carbonyl (C=O) groups is 2.